The third-order valence-corrected chi connectivity index (χ3v) is 4.62. The molecule has 3 rings (SSSR count). The van der Waals surface area contributed by atoms with Crippen LogP contribution in [0, 0.1) is 18.7 Å². The van der Waals surface area contributed by atoms with Crippen molar-refractivity contribution >= 4 is 16.9 Å². The molecule has 2 heterocycles. The standard InChI is InChI=1S/C19H26FN3O2/c1-4-21-19(23(3)11-14-7-8-24-12-14)22-10-18-13(2)16-9-15(20)5-6-17(16)25-18/h5-6,9,14H,4,7-8,10-12H2,1-3H3,(H,21,22). The smallest absolute Gasteiger partial charge is 0.194 e. The lowest BCUT2D eigenvalue weighted by molar-refractivity contribution is 0.181. The maximum atomic E-state index is 13.4. The van der Waals surface area contributed by atoms with Gasteiger partial charge in [0.25, 0.3) is 0 Å². The number of hydrogen-bond acceptors (Lipinski definition) is 3. The highest BCUT2D eigenvalue weighted by molar-refractivity contribution is 5.82. The molecule has 25 heavy (non-hydrogen) atoms. The van der Waals surface area contributed by atoms with Crippen molar-refractivity contribution in [2.45, 2.75) is 26.8 Å². The number of guanidine groups is 1. The summed E-state index contributed by atoms with van der Waals surface area (Å²) in [7, 11) is 2.04. The third kappa shape index (κ3) is 4.12. The summed E-state index contributed by atoms with van der Waals surface area (Å²) in [5.41, 5.74) is 1.64. The Morgan fingerprint density at radius 2 is 2.28 bits per heavy atom. The highest BCUT2D eigenvalue weighted by atomic mass is 19.1. The topological polar surface area (TPSA) is 50.0 Å². The molecule has 0 amide bonds. The molecule has 1 aromatic carbocycles. The predicted molar refractivity (Wildman–Crippen MR) is 97.3 cm³/mol. The van der Waals surface area contributed by atoms with E-state index in [1.165, 1.54) is 12.1 Å². The Bertz CT molecular complexity index is 750. The molecule has 6 heteroatoms. The van der Waals surface area contributed by atoms with Gasteiger partial charge in [-0.05, 0) is 38.5 Å². The summed E-state index contributed by atoms with van der Waals surface area (Å²) >= 11 is 0. The lowest BCUT2D eigenvalue weighted by Crippen LogP contribution is -2.41. The molecule has 1 aromatic heterocycles. The summed E-state index contributed by atoms with van der Waals surface area (Å²) in [5, 5.41) is 4.13. The van der Waals surface area contributed by atoms with Crippen molar-refractivity contribution < 1.29 is 13.5 Å². The molecule has 1 N–H and O–H groups in total. The van der Waals surface area contributed by atoms with E-state index in [1.54, 1.807) is 6.07 Å². The minimum Gasteiger partial charge on any atom is -0.459 e. The Morgan fingerprint density at radius 1 is 1.44 bits per heavy atom. The van der Waals surface area contributed by atoms with Crippen molar-refractivity contribution in [2.24, 2.45) is 10.9 Å². The van der Waals surface area contributed by atoms with E-state index in [2.05, 4.69) is 17.1 Å². The molecule has 0 saturated carbocycles. The van der Waals surface area contributed by atoms with Crippen molar-refractivity contribution in [3.05, 3.63) is 35.3 Å². The molecule has 5 nitrogen and oxygen atoms in total. The van der Waals surface area contributed by atoms with Crippen molar-refractivity contribution in [2.75, 3.05) is 33.4 Å². The molecule has 1 fully saturated rings. The minimum atomic E-state index is -0.252. The number of aliphatic imine (C=N–C) groups is 1. The zero-order valence-electron chi connectivity index (χ0n) is 15.1. The second kappa shape index (κ2) is 7.87. The first-order valence-electron chi connectivity index (χ1n) is 8.83. The van der Waals surface area contributed by atoms with Crippen LogP contribution in [0.1, 0.15) is 24.7 Å². The van der Waals surface area contributed by atoms with Crippen LogP contribution >= 0.6 is 0 Å². The van der Waals surface area contributed by atoms with Gasteiger partial charge in [0.15, 0.2) is 5.96 Å². The predicted octanol–water partition coefficient (Wildman–Crippen LogP) is 3.31. The monoisotopic (exact) mass is 347 g/mol. The fourth-order valence-corrected chi connectivity index (χ4v) is 3.21. The first kappa shape index (κ1) is 17.7. The van der Waals surface area contributed by atoms with E-state index in [-0.39, 0.29) is 5.82 Å². The Hall–Kier alpha value is -2.08. The number of benzene rings is 1. The number of halogens is 1. The molecule has 1 aliphatic rings. The van der Waals surface area contributed by atoms with Crippen LogP contribution in [0.3, 0.4) is 0 Å². The summed E-state index contributed by atoms with van der Waals surface area (Å²) in [4.78, 5) is 6.85. The van der Waals surface area contributed by atoms with Gasteiger partial charge in [-0.25, -0.2) is 9.38 Å². The van der Waals surface area contributed by atoms with Gasteiger partial charge in [0.2, 0.25) is 0 Å². The Balaban J connectivity index is 1.75. The van der Waals surface area contributed by atoms with Crippen molar-refractivity contribution in [3.63, 3.8) is 0 Å². The van der Waals surface area contributed by atoms with E-state index < -0.39 is 0 Å². The van der Waals surface area contributed by atoms with Gasteiger partial charge in [-0.15, -0.1) is 0 Å². The van der Waals surface area contributed by atoms with E-state index in [1.807, 2.05) is 14.0 Å². The van der Waals surface area contributed by atoms with Crippen LogP contribution in [0.4, 0.5) is 4.39 Å². The number of nitrogens with one attached hydrogen (secondary N) is 1. The molecule has 1 saturated heterocycles. The van der Waals surface area contributed by atoms with E-state index in [0.717, 1.165) is 55.4 Å². The molecule has 1 atom stereocenters. The van der Waals surface area contributed by atoms with Crippen molar-refractivity contribution in [3.8, 4) is 0 Å². The number of hydrogen-bond donors (Lipinski definition) is 1. The Labute approximate surface area is 147 Å². The van der Waals surface area contributed by atoms with E-state index in [9.17, 15) is 4.39 Å². The van der Waals surface area contributed by atoms with Crippen LogP contribution in [-0.4, -0.2) is 44.2 Å². The molecule has 1 aliphatic heterocycles. The molecule has 0 spiro atoms. The molecular formula is C19H26FN3O2. The average Bonchev–Trinajstić information content (AvgIpc) is 3.20. The fourth-order valence-electron chi connectivity index (χ4n) is 3.21. The van der Waals surface area contributed by atoms with Gasteiger partial charge >= 0.3 is 0 Å². The largest absolute Gasteiger partial charge is 0.459 e. The summed E-state index contributed by atoms with van der Waals surface area (Å²) in [5.74, 6) is 1.91. The van der Waals surface area contributed by atoms with E-state index in [4.69, 9.17) is 14.1 Å². The number of aryl methyl sites for hydroxylation is 1. The number of ether oxygens (including phenoxy) is 1. The molecule has 0 radical (unpaired) electrons. The zero-order chi connectivity index (χ0) is 17.8. The van der Waals surface area contributed by atoms with Gasteiger partial charge < -0.3 is 19.4 Å². The van der Waals surface area contributed by atoms with Crippen molar-refractivity contribution in [1.82, 2.24) is 10.2 Å². The SMILES string of the molecule is CCNC(=NCc1oc2ccc(F)cc2c1C)N(C)CC1CCOC1. The summed E-state index contributed by atoms with van der Waals surface area (Å²) in [6, 6.07) is 4.60. The van der Waals surface area contributed by atoms with E-state index in [0.29, 0.717) is 18.0 Å². The summed E-state index contributed by atoms with van der Waals surface area (Å²) in [6.07, 6.45) is 1.10. The lowest BCUT2D eigenvalue weighted by Gasteiger charge is -2.24. The summed E-state index contributed by atoms with van der Waals surface area (Å²) in [6.45, 7) is 7.81. The normalized spacial score (nSPS) is 18.1. The number of nitrogens with zero attached hydrogens (tertiary/aromatic N) is 2. The molecule has 0 aliphatic carbocycles. The van der Waals surface area contributed by atoms with Crippen LogP contribution in [-0.2, 0) is 11.3 Å². The third-order valence-electron chi connectivity index (χ3n) is 4.62. The highest BCUT2D eigenvalue weighted by Crippen LogP contribution is 2.26. The number of fused-ring (bicyclic) bond motifs is 1. The van der Waals surface area contributed by atoms with Gasteiger partial charge in [-0.1, -0.05) is 0 Å². The maximum absolute atomic E-state index is 13.4. The van der Waals surface area contributed by atoms with Crippen LogP contribution in [0.25, 0.3) is 11.0 Å². The van der Waals surface area contributed by atoms with Gasteiger partial charge in [0.1, 0.15) is 23.7 Å². The van der Waals surface area contributed by atoms with Crippen LogP contribution in [0.15, 0.2) is 27.6 Å². The molecule has 136 valence electrons. The van der Waals surface area contributed by atoms with Crippen molar-refractivity contribution in [1.29, 1.82) is 0 Å². The first-order chi connectivity index (χ1) is 12.1. The molecule has 0 bridgehead atoms. The van der Waals surface area contributed by atoms with Crippen LogP contribution in [0.5, 0.6) is 0 Å². The quantitative estimate of drug-likeness (QED) is 0.666. The van der Waals surface area contributed by atoms with Gasteiger partial charge in [-0.2, -0.15) is 0 Å². The zero-order valence-corrected chi connectivity index (χ0v) is 15.1. The summed E-state index contributed by atoms with van der Waals surface area (Å²) < 4.78 is 24.8. The molecular weight excluding hydrogens is 321 g/mol. The second-order valence-corrected chi connectivity index (χ2v) is 6.57. The van der Waals surface area contributed by atoms with Crippen LogP contribution < -0.4 is 5.32 Å². The van der Waals surface area contributed by atoms with E-state index >= 15 is 0 Å². The number of furan rings is 1. The number of rotatable bonds is 5. The van der Waals surface area contributed by atoms with Gasteiger partial charge in [0, 0.05) is 43.6 Å². The average molecular weight is 347 g/mol. The lowest BCUT2D eigenvalue weighted by atomic mass is 10.1. The van der Waals surface area contributed by atoms with Gasteiger partial charge in [0.05, 0.1) is 6.61 Å². The van der Waals surface area contributed by atoms with Gasteiger partial charge in [-0.3, -0.25) is 0 Å². The Morgan fingerprint density at radius 3 is 3.00 bits per heavy atom. The maximum Gasteiger partial charge on any atom is 0.194 e. The second-order valence-electron chi connectivity index (χ2n) is 6.57. The molecule has 2 aromatic rings. The minimum absolute atomic E-state index is 0.252. The fraction of sp³-hybridized carbons (Fsp3) is 0.526. The highest BCUT2D eigenvalue weighted by Gasteiger charge is 2.19. The first-order valence-corrected chi connectivity index (χ1v) is 8.83. The molecule has 1 unspecified atom stereocenters. The van der Waals surface area contributed by atoms with Crippen LogP contribution in [0.2, 0.25) is 0 Å². The Kier molecular flexibility index (Phi) is 5.58.